The lowest BCUT2D eigenvalue weighted by atomic mass is 9.99. The van der Waals surface area contributed by atoms with E-state index in [1.165, 1.54) is 5.69 Å². The van der Waals surface area contributed by atoms with Gasteiger partial charge in [0, 0.05) is 31.3 Å². The van der Waals surface area contributed by atoms with Gasteiger partial charge in [0.1, 0.15) is 9.84 Å². The van der Waals surface area contributed by atoms with Crippen molar-refractivity contribution in [3.05, 3.63) is 53.5 Å². The Bertz CT molecular complexity index is 1320. The standard InChI is InChI=1S/C25H31N5O3S/c1-17-15-24-26-16-23-22(30(24)27-17)5-4-12-29(23)21-8-6-19(7-9-21)18(2)28(3)25(31)20-10-13-34(32,33)14-11-20/h6-9,15-16,18,20H,4-5,10-14H2,1-3H3/t18-/m1/s1. The van der Waals surface area contributed by atoms with Crippen LogP contribution in [-0.2, 0) is 21.1 Å². The number of benzene rings is 1. The maximum Gasteiger partial charge on any atom is 0.225 e. The molecule has 3 aromatic rings. The van der Waals surface area contributed by atoms with Crippen LogP contribution in [0, 0.1) is 12.8 Å². The maximum absolute atomic E-state index is 13.0. The van der Waals surface area contributed by atoms with Crippen molar-refractivity contribution in [3.8, 4) is 0 Å². The number of rotatable bonds is 4. The fourth-order valence-electron chi connectivity index (χ4n) is 5.11. The topological polar surface area (TPSA) is 87.9 Å². The van der Waals surface area contributed by atoms with Crippen molar-refractivity contribution < 1.29 is 13.2 Å². The van der Waals surface area contributed by atoms with E-state index in [0.717, 1.165) is 47.7 Å². The van der Waals surface area contributed by atoms with Crippen molar-refractivity contribution in [1.82, 2.24) is 19.5 Å². The first kappa shape index (κ1) is 22.8. The van der Waals surface area contributed by atoms with Crippen molar-refractivity contribution in [3.63, 3.8) is 0 Å². The number of sulfone groups is 1. The highest BCUT2D eigenvalue weighted by atomic mass is 32.2. The first-order chi connectivity index (χ1) is 16.2. The molecule has 0 radical (unpaired) electrons. The Balaban J connectivity index is 1.33. The molecule has 0 aliphatic carbocycles. The van der Waals surface area contributed by atoms with Gasteiger partial charge in [-0.05, 0) is 57.2 Å². The summed E-state index contributed by atoms with van der Waals surface area (Å²) in [6, 6.07) is 10.3. The number of amides is 1. The van der Waals surface area contributed by atoms with Crippen LogP contribution < -0.4 is 4.90 Å². The van der Waals surface area contributed by atoms with E-state index in [2.05, 4.69) is 39.2 Å². The molecule has 4 heterocycles. The Morgan fingerprint density at radius 3 is 2.59 bits per heavy atom. The van der Waals surface area contributed by atoms with Crippen LogP contribution in [0.5, 0.6) is 0 Å². The lowest BCUT2D eigenvalue weighted by Gasteiger charge is -2.32. The van der Waals surface area contributed by atoms with E-state index in [9.17, 15) is 13.2 Å². The zero-order valence-electron chi connectivity index (χ0n) is 19.9. The molecular formula is C25H31N5O3S. The van der Waals surface area contributed by atoms with Gasteiger partial charge in [0.05, 0.1) is 40.8 Å². The number of carbonyl (C=O) groups is 1. The summed E-state index contributed by atoms with van der Waals surface area (Å²) in [5, 5.41) is 4.63. The van der Waals surface area contributed by atoms with Crippen molar-refractivity contribution in [2.24, 2.45) is 5.92 Å². The van der Waals surface area contributed by atoms with Crippen LogP contribution in [0.25, 0.3) is 5.65 Å². The van der Waals surface area contributed by atoms with Gasteiger partial charge in [0.25, 0.3) is 0 Å². The van der Waals surface area contributed by atoms with Crippen LogP contribution in [-0.4, -0.2) is 58.9 Å². The second-order valence-corrected chi connectivity index (χ2v) is 11.8. The van der Waals surface area contributed by atoms with Crippen molar-refractivity contribution in [2.45, 2.75) is 45.6 Å². The summed E-state index contributed by atoms with van der Waals surface area (Å²) in [6.07, 6.45) is 4.79. The first-order valence-electron chi connectivity index (χ1n) is 11.9. The third kappa shape index (κ3) is 4.17. The van der Waals surface area contributed by atoms with Crippen LogP contribution in [0.4, 0.5) is 11.4 Å². The number of fused-ring (bicyclic) bond motifs is 3. The number of hydrogen-bond acceptors (Lipinski definition) is 6. The molecule has 2 aromatic heterocycles. The first-order valence-corrected chi connectivity index (χ1v) is 13.7. The Kier molecular flexibility index (Phi) is 5.83. The minimum absolute atomic E-state index is 0.0287. The molecule has 1 fully saturated rings. The Morgan fingerprint density at radius 2 is 1.88 bits per heavy atom. The summed E-state index contributed by atoms with van der Waals surface area (Å²) in [5.41, 5.74) is 6.25. The number of nitrogens with zero attached hydrogens (tertiary/aromatic N) is 5. The van der Waals surface area contributed by atoms with E-state index in [1.807, 2.05) is 37.7 Å². The lowest BCUT2D eigenvalue weighted by Crippen LogP contribution is -2.38. The Hall–Kier alpha value is -2.94. The molecule has 0 unspecified atom stereocenters. The van der Waals surface area contributed by atoms with E-state index in [4.69, 9.17) is 0 Å². The van der Waals surface area contributed by atoms with Gasteiger partial charge >= 0.3 is 0 Å². The fourth-order valence-corrected chi connectivity index (χ4v) is 6.60. The summed E-state index contributed by atoms with van der Waals surface area (Å²) in [4.78, 5) is 21.6. The van der Waals surface area contributed by atoms with E-state index < -0.39 is 9.84 Å². The molecule has 1 saturated heterocycles. The molecule has 0 N–H and O–H groups in total. The number of aryl methyl sites for hydroxylation is 2. The van der Waals surface area contributed by atoms with Crippen molar-refractivity contribution in [2.75, 3.05) is 30.0 Å². The summed E-state index contributed by atoms with van der Waals surface area (Å²) >= 11 is 0. The van der Waals surface area contributed by atoms with Crippen LogP contribution in [0.3, 0.4) is 0 Å². The summed E-state index contributed by atoms with van der Waals surface area (Å²) < 4.78 is 25.4. The molecule has 2 aliphatic rings. The third-order valence-electron chi connectivity index (χ3n) is 7.29. The van der Waals surface area contributed by atoms with Gasteiger partial charge in [0.15, 0.2) is 5.65 Å². The van der Waals surface area contributed by atoms with Crippen molar-refractivity contribution >= 4 is 32.8 Å². The molecule has 8 nitrogen and oxygen atoms in total. The summed E-state index contributed by atoms with van der Waals surface area (Å²) in [7, 11) is -1.17. The van der Waals surface area contributed by atoms with Crippen LogP contribution in [0.1, 0.15) is 49.2 Å². The van der Waals surface area contributed by atoms with Gasteiger partial charge in [-0.3, -0.25) is 4.79 Å². The number of hydrogen-bond donors (Lipinski definition) is 0. The molecular weight excluding hydrogens is 450 g/mol. The lowest BCUT2D eigenvalue weighted by molar-refractivity contribution is -0.136. The van der Waals surface area contributed by atoms with E-state index in [1.54, 1.807) is 4.90 Å². The minimum Gasteiger partial charge on any atom is -0.339 e. The van der Waals surface area contributed by atoms with Gasteiger partial charge in [-0.15, -0.1) is 0 Å². The monoisotopic (exact) mass is 481 g/mol. The average molecular weight is 482 g/mol. The SMILES string of the molecule is Cc1cc2ncc3c(n2n1)CCCN3c1ccc([C@@H](C)N(C)C(=O)C2CCS(=O)(=O)CC2)cc1. The van der Waals surface area contributed by atoms with E-state index in [0.29, 0.717) is 12.8 Å². The highest BCUT2D eigenvalue weighted by Crippen LogP contribution is 2.34. The second-order valence-electron chi connectivity index (χ2n) is 9.54. The predicted octanol–water partition coefficient (Wildman–Crippen LogP) is 3.47. The highest BCUT2D eigenvalue weighted by molar-refractivity contribution is 7.91. The van der Waals surface area contributed by atoms with Crippen molar-refractivity contribution in [1.29, 1.82) is 0 Å². The molecule has 5 rings (SSSR count). The van der Waals surface area contributed by atoms with Gasteiger partial charge in [-0.2, -0.15) is 5.10 Å². The smallest absolute Gasteiger partial charge is 0.225 e. The minimum atomic E-state index is -2.98. The normalized spacial score (nSPS) is 19.1. The molecule has 0 bridgehead atoms. The molecule has 0 saturated carbocycles. The third-order valence-corrected chi connectivity index (χ3v) is 9.00. The maximum atomic E-state index is 13.0. The van der Waals surface area contributed by atoms with Gasteiger partial charge < -0.3 is 9.80 Å². The summed E-state index contributed by atoms with van der Waals surface area (Å²) in [6.45, 7) is 4.92. The molecule has 1 aromatic carbocycles. The van der Waals surface area contributed by atoms with Gasteiger partial charge in [-0.1, -0.05) is 12.1 Å². The second kappa shape index (κ2) is 8.69. The molecule has 2 aliphatic heterocycles. The fraction of sp³-hybridized carbons (Fsp3) is 0.480. The molecule has 180 valence electrons. The largest absolute Gasteiger partial charge is 0.339 e. The van der Waals surface area contributed by atoms with Crippen LogP contribution >= 0.6 is 0 Å². The van der Waals surface area contributed by atoms with Crippen LogP contribution in [0.15, 0.2) is 36.5 Å². The average Bonchev–Trinajstić information content (AvgIpc) is 3.23. The molecule has 1 amide bonds. The zero-order chi connectivity index (χ0) is 24.0. The Labute approximate surface area is 200 Å². The van der Waals surface area contributed by atoms with Crippen LogP contribution in [0.2, 0.25) is 0 Å². The number of anilines is 2. The molecule has 0 spiro atoms. The van der Waals surface area contributed by atoms with Gasteiger partial charge in [-0.25, -0.2) is 17.9 Å². The molecule has 1 atom stereocenters. The quantitative estimate of drug-likeness (QED) is 0.567. The van der Waals surface area contributed by atoms with Gasteiger partial charge in [0.2, 0.25) is 5.91 Å². The zero-order valence-corrected chi connectivity index (χ0v) is 20.8. The number of carbonyl (C=O) groups excluding carboxylic acids is 1. The predicted molar refractivity (Wildman–Crippen MR) is 132 cm³/mol. The van der Waals surface area contributed by atoms with E-state index in [-0.39, 0.29) is 29.4 Å². The van der Waals surface area contributed by atoms with E-state index >= 15 is 0 Å². The summed E-state index contributed by atoms with van der Waals surface area (Å²) in [5.74, 6) is 0.0322. The highest BCUT2D eigenvalue weighted by Gasteiger charge is 2.32. The number of aromatic nitrogens is 3. The molecule has 34 heavy (non-hydrogen) atoms. The molecule has 9 heteroatoms. The Morgan fingerprint density at radius 1 is 1.18 bits per heavy atom.